The molecule has 0 unspecified atom stereocenters. The van der Waals surface area contributed by atoms with Crippen molar-refractivity contribution in [1.29, 1.82) is 0 Å². The van der Waals surface area contributed by atoms with Crippen LogP contribution >= 0.6 is 47.8 Å². The first kappa shape index (κ1) is 16.5. The fraction of sp³-hybridized carbons (Fsp3) is 0.667. The van der Waals surface area contributed by atoms with Gasteiger partial charge in [-0.3, -0.25) is 4.90 Å². The highest BCUT2D eigenvalue weighted by atomic mass is 35.5. The van der Waals surface area contributed by atoms with E-state index in [1.165, 1.54) is 17.7 Å². The van der Waals surface area contributed by atoms with Crippen molar-refractivity contribution in [2.45, 2.75) is 18.9 Å². The predicted octanol–water partition coefficient (Wildman–Crippen LogP) is 3.60. The Morgan fingerprint density at radius 2 is 1.94 bits per heavy atom. The van der Waals surface area contributed by atoms with E-state index in [1.807, 2.05) is 17.4 Å². The number of hydrogen-bond donors (Lipinski definition) is 1. The Morgan fingerprint density at radius 3 is 2.44 bits per heavy atom. The van der Waals surface area contributed by atoms with Gasteiger partial charge in [0.25, 0.3) is 0 Å². The third kappa shape index (κ3) is 3.53. The largest absolute Gasteiger partial charge is 0.314 e. The third-order valence-electron chi connectivity index (χ3n) is 3.53. The van der Waals surface area contributed by atoms with Gasteiger partial charge in [-0.15, -0.1) is 36.2 Å². The lowest BCUT2D eigenvalue weighted by Crippen LogP contribution is -2.45. The zero-order valence-electron chi connectivity index (χ0n) is 10.1. The van der Waals surface area contributed by atoms with Crippen molar-refractivity contribution in [3.63, 3.8) is 0 Å². The van der Waals surface area contributed by atoms with E-state index in [2.05, 4.69) is 15.6 Å². The predicted molar refractivity (Wildman–Crippen MR) is 83.7 cm³/mol. The van der Waals surface area contributed by atoms with Gasteiger partial charge in [-0.1, -0.05) is 11.6 Å². The van der Waals surface area contributed by atoms with Gasteiger partial charge in [0.15, 0.2) is 0 Å². The average molecular weight is 330 g/mol. The Hall–Kier alpha value is 0.490. The van der Waals surface area contributed by atoms with Gasteiger partial charge in [0.1, 0.15) is 0 Å². The lowest BCUT2D eigenvalue weighted by molar-refractivity contribution is 0.159. The van der Waals surface area contributed by atoms with Gasteiger partial charge in [-0.25, -0.2) is 0 Å². The summed E-state index contributed by atoms with van der Waals surface area (Å²) < 4.78 is 0. The summed E-state index contributed by atoms with van der Waals surface area (Å²) in [6, 6.07) is 2.63. The van der Waals surface area contributed by atoms with Crippen LogP contribution in [0.1, 0.15) is 23.8 Å². The zero-order chi connectivity index (χ0) is 11.0. The van der Waals surface area contributed by atoms with Crippen molar-refractivity contribution < 1.29 is 0 Å². The van der Waals surface area contributed by atoms with Crippen LogP contribution in [0, 0.1) is 5.92 Å². The minimum atomic E-state index is 0. The monoisotopic (exact) mass is 328 g/mol. The molecule has 3 rings (SSSR count). The van der Waals surface area contributed by atoms with Crippen LogP contribution in [-0.4, -0.2) is 31.1 Å². The lowest BCUT2D eigenvalue weighted by atomic mass is 10.1. The van der Waals surface area contributed by atoms with Crippen molar-refractivity contribution >= 4 is 47.8 Å². The van der Waals surface area contributed by atoms with Gasteiger partial charge in [0, 0.05) is 37.1 Å². The average Bonchev–Trinajstić information content (AvgIpc) is 3.05. The Morgan fingerprint density at radius 1 is 1.28 bits per heavy atom. The first-order valence-corrected chi connectivity index (χ1v) is 7.29. The molecule has 1 N–H and O–H groups in total. The number of hydrogen-bond acceptors (Lipinski definition) is 3. The van der Waals surface area contributed by atoms with E-state index in [0.29, 0.717) is 6.04 Å². The molecule has 1 aromatic rings. The Bertz CT molecular complexity index is 362. The second-order valence-corrected chi connectivity index (χ2v) is 6.06. The smallest absolute Gasteiger partial charge is 0.0561 e. The number of thiophene rings is 1. The molecule has 0 radical (unpaired) electrons. The molecule has 2 aliphatic rings. The fourth-order valence-electron chi connectivity index (χ4n) is 2.57. The van der Waals surface area contributed by atoms with Gasteiger partial charge < -0.3 is 5.32 Å². The third-order valence-corrected chi connectivity index (χ3v) is 4.96. The van der Waals surface area contributed by atoms with Crippen LogP contribution in [0.15, 0.2) is 11.4 Å². The quantitative estimate of drug-likeness (QED) is 0.911. The molecule has 104 valence electrons. The number of halogens is 3. The van der Waals surface area contributed by atoms with Gasteiger partial charge in [0.05, 0.1) is 5.02 Å². The molecule has 1 atom stereocenters. The molecule has 0 spiro atoms. The molecule has 0 bridgehead atoms. The SMILES string of the molecule is Cl.Cl.Clc1ccsc1[C@H](C1CC1)N1CCNCC1. The van der Waals surface area contributed by atoms with E-state index in [-0.39, 0.29) is 24.8 Å². The van der Waals surface area contributed by atoms with Gasteiger partial charge >= 0.3 is 0 Å². The molecule has 18 heavy (non-hydrogen) atoms. The maximum atomic E-state index is 6.29. The molecule has 1 aliphatic carbocycles. The summed E-state index contributed by atoms with van der Waals surface area (Å²) in [5.41, 5.74) is 0. The number of nitrogens with zero attached hydrogens (tertiary/aromatic N) is 1. The molecule has 2 heterocycles. The number of piperazine rings is 1. The normalized spacial score (nSPS) is 21.8. The van der Waals surface area contributed by atoms with E-state index >= 15 is 0 Å². The summed E-state index contributed by atoms with van der Waals surface area (Å²) in [4.78, 5) is 4.01. The first-order chi connectivity index (χ1) is 7.86. The summed E-state index contributed by atoms with van der Waals surface area (Å²) in [5, 5.41) is 6.51. The van der Waals surface area contributed by atoms with Crippen molar-refractivity contribution in [3.8, 4) is 0 Å². The highest BCUT2D eigenvalue weighted by molar-refractivity contribution is 7.10. The molecule has 1 aliphatic heterocycles. The molecule has 2 nitrogen and oxygen atoms in total. The summed E-state index contributed by atoms with van der Waals surface area (Å²) in [6.45, 7) is 4.56. The second-order valence-electron chi connectivity index (χ2n) is 4.70. The Kier molecular flexibility index (Phi) is 6.73. The van der Waals surface area contributed by atoms with Crippen LogP contribution in [0.4, 0.5) is 0 Å². The number of nitrogens with one attached hydrogen (secondary N) is 1. The summed E-state index contributed by atoms with van der Waals surface area (Å²) in [5.74, 6) is 0.856. The van der Waals surface area contributed by atoms with E-state index in [1.54, 1.807) is 0 Å². The van der Waals surface area contributed by atoms with Crippen LogP contribution in [0.5, 0.6) is 0 Å². The highest BCUT2D eigenvalue weighted by Crippen LogP contribution is 2.47. The van der Waals surface area contributed by atoms with Crippen LogP contribution in [-0.2, 0) is 0 Å². The maximum absolute atomic E-state index is 6.29. The van der Waals surface area contributed by atoms with Gasteiger partial charge in [-0.05, 0) is 30.2 Å². The lowest BCUT2D eigenvalue weighted by Gasteiger charge is -2.34. The molecular weight excluding hydrogens is 311 g/mol. The second kappa shape index (κ2) is 7.32. The van der Waals surface area contributed by atoms with Crippen LogP contribution in [0.3, 0.4) is 0 Å². The van der Waals surface area contributed by atoms with Crippen LogP contribution in [0.2, 0.25) is 5.02 Å². The Labute approximate surface area is 130 Å². The standard InChI is InChI=1S/C12H17ClN2S.2ClH/c13-10-3-8-16-12(10)11(9-1-2-9)15-6-4-14-5-7-15;;/h3,8-9,11,14H,1-2,4-7H2;2*1H/t11-;;/m0../s1. The van der Waals surface area contributed by atoms with E-state index < -0.39 is 0 Å². The van der Waals surface area contributed by atoms with E-state index in [0.717, 1.165) is 37.1 Å². The molecule has 0 aromatic carbocycles. The van der Waals surface area contributed by atoms with Crippen molar-refractivity contribution in [2.75, 3.05) is 26.2 Å². The fourth-order valence-corrected chi connectivity index (χ4v) is 3.96. The highest BCUT2D eigenvalue weighted by Gasteiger charge is 2.38. The molecular formula is C12H19Cl3N2S. The molecule has 1 aromatic heterocycles. The van der Waals surface area contributed by atoms with Crippen molar-refractivity contribution in [1.82, 2.24) is 10.2 Å². The Balaban J connectivity index is 0.000000810. The first-order valence-electron chi connectivity index (χ1n) is 6.04. The van der Waals surface area contributed by atoms with Crippen molar-refractivity contribution in [3.05, 3.63) is 21.3 Å². The van der Waals surface area contributed by atoms with E-state index in [9.17, 15) is 0 Å². The molecule has 1 saturated heterocycles. The van der Waals surface area contributed by atoms with Crippen molar-refractivity contribution in [2.24, 2.45) is 5.92 Å². The van der Waals surface area contributed by atoms with Crippen LogP contribution in [0.25, 0.3) is 0 Å². The molecule has 0 amide bonds. The summed E-state index contributed by atoms with van der Waals surface area (Å²) >= 11 is 8.12. The molecule has 6 heteroatoms. The number of rotatable bonds is 3. The summed E-state index contributed by atoms with van der Waals surface area (Å²) in [6.07, 6.45) is 2.76. The minimum Gasteiger partial charge on any atom is -0.314 e. The molecule has 1 saturated carbocycles. The van der Waals surface area contributed by atoms with Gasteiger partial charge in [-0.2, -0.15) is 0 Å². The maximum Gasteiger partial charge on any atom is 0.0561 e. The topological polar surface area (TPSA) is 15.3 Å². The van der Waals surface area contributed by atoms with Gasteiger partial charge in [0.2, 0.25) is 0 Å². The minimum absolute atomic E-state index is 0. The molecule has 2 fully saturated rings. The van der Waals surface area contributed by atoms with E-state index in [4.69, 9.17) is 11.6 Å². The zero-order valence-corrected chi connectivity index (χ0v) is 13.3. The summed E-state index contributed by atoms with van der Waals surface area (Å²) in [7, 11) is 0. The van der Waals surface area contributed by atoms with Crippen LogP contribution < -0.4 is 5.32 Å².